The molecule has 4 nitrogen and oxygen atoms in total. The van der Waals surface area contributed by atoms with Crippen molar-refractivity contribution in [1.29, 1.82) is 0 Å². The lowest BCUT2D eigenvalue weighted by Crippen LogP contribution is -2.34. The fraction of sp³-hybridized carbons (Fsp3) is 0.286. The highest BCUT2D eigenvalue weighted by Crippen LogP contribution is 2.31. The van der Waals surface area contributed by atoms with Crippen LogP contribution in [0.1, 0.15) is 35.3 Å². The summed E-state index contributed by atoms with van der Waals surface area (Å²) in [7, 11) is 0. The Bertz CT molecular complexity index is 635. The molecule has 0 spiro atoms. The normalized spacial score (nSPS) is 18.0. The third-order valence-corrected chi connectivity index (χ3v) is 3.57. The standard InChI is InChI=1S/C14H14FN3O/c1-2-8-6-17-14(19)10-5-12(18-13(8)10)9-3-4-16-7-11(9)15/h3-5,7-8,18H,2,6H2,1H3,(H,17,19)/t8-/m0/s1. The van der Waals surface area contributed by atoms with Crippen molar-refractivity contribution in [3.8, 4) is 11.3 Å². The number of nitrogens with one attached hydrogen (secondary N) is 2. The number of hydrogen-bond donors (Lipinski definition) is 2. The monoisotopic (exact) mass is 259 g/mol. The number of carbonyl (C=O) groups is 1. The van der Waals surface area contributed by atoms with Gasteiger partial charge in [-0.3, -0.25) is 9.78 Å². The van der Waals surface area contributed by atoms with E-state index in [2.05, 4.69) is 22.2 Å². The number of rotatable bonds is 2. The van der Waals surface area contributed by atoms with Crippen LogP contribution in [0, 0.1) is 5.82 Å². The van der Waals surface area contributed by atoms with E-state index in [0.29, 0.717) is 23.4 Å². The van der Waals surface area contributed by atoms with Crippen molar-refractivity contribution in [1.82, 2.24) is 15.3 Å². The largest absolute Gasteiger partial charge is 0.357 e. The molecule has 2 aromatic heterocycles. The van der Waals surface area contributed by atoms with Crippen LogP contribution in [0.3, 0.4) is 0 Å². The maximum Gasteiger partial charge on any atom is 0.253 e. The van der Waals surface area contributed by atoms with Gasteiger partial charge in [-0.2, -0.15) is 0 Å². The van der Waals surface area contributed by atoms with Crippen molar-refractivity contribution in [2.75, 3.05) is 6.54 Å². The van der Waals surface area contributed by atoms with Crippen LogP contribution >= 0.6 is 0 Å². The minimum absolute atomic E-state index is 0.100. The second kappa shape index (κ2) is 4.50. The Hall–Kier alpha value is -2.17. The molecule has 0 radical (unpaired) electrons. The van der Waals surface area contributed by atoms with Crippen LogP contribution in [0.2, 0.25) is 0 Å². The lowest BCUT2D eigenvalue weighted by Gasteiger charge is -2.21. The van der Waals surface area contributed by atoms with Gasteiger partial charge in [0.2, 0.25) is 0 Å². The van der Waals surface area contributed by atoms with Gasteiger partial charge in [0.15, 0.2) is 5.82 Å². The minimum atomic E-state index is -0.394. The Morgan fingerprint density at radius 2 is 2.32 bits per heavy atom. The minimum Gasteiger partial charge on any atom is -0.357 e. The van der Waals surface area contributed by atoms with Crippen LogP contribution in [-0.4, -0.2) is 22.4 Å². The van der Waals surface area contributed by atoms with E-state index in [9.17, 15) is 9.18 Å². The van der Waals surface area contributed by atoms with Crippen molar-refractivity contribution in [2.45, 2.75) is 19.3 Å². The topological polar surface area (TPSA) is 57.8 Å². The lowest BCUT2D eigenvalue weighted by atomic mass is 9.95. The van der Waals surface area contributed by atoms with Crippen molar-refractivity contribution in [3.05, 3.63) is 41.6 Å². The molecule has 0 fully saturated rings. The molecule has 0 saturated carbocycles. The SMILES string of the molecule is CC[C@H]1CNC(=O)c2cc(-c3ccncc3F)[nH]c21. The van der Waals surface area contributed by atoms with E-state index in [1.165, 1.54) is 12.4 Å². The highest BCUT2D eigenvalue weighted by molar-refractivity contribution is 5.98. The van der Waals surface area contributed by atoms with Crippen molar-refractivity contribution in [3.63, 3.8) is 0 Å². The fourth-order valence-electron chi connectivity index (χ4n) is 2.48. The van der Waals surface area contributed by atoms with E-state index >= 15 is 0 Å². The quantitative estimate of drug-likeness (QED) is 0.870. The molecule has 1 atom stereocenters. The highest BCUT2D eigenvalue weighted by Gasteiger charge is 2.27. The fourth-order valence-corrected chi connectivity index (χ4v) is 2.48. The van der Waals surface area contributed by atoms with Crippen LogP contribution in [0.25, 0.3) is 11.3 Å². The molecule has 2 N–H and O–H groups in total. The van der Waals surface area contributed by atoms with Crippen LogP contribution in [0.15, 0.2) is 24.5 Å². The summed E-state index contributed by atoms with van der Waals surface area (Å²) in [6, 6.07) is 3.32. The zero-order valence-electron chi connectivity index (χ0n) is 10.5. The van der Waals surface area contributed by atoms with Gasteiger partial charge in [-0.25, -0.2) is 4.39 Å². The Morgan fingerprint density at radius 3 is 3.05 bits per heavy atom. The van der Waals surface area contributed by atoms with Gasteiger partial charge in [-0.05, 0) is 18.6 Å². The number of aromatic nitrogens is 2. The molecule has 1 aliphatic heterocycles. The second-order valence-electron chi connectivity index (χ2n) is 4.68. The van der Waals surface area contributed by atoms with Gasteiger partial charge in [0.1, 0.15) is 0 Å². The predicted octanol–water partition coefficient (Wildman–Crippen LogP) is 2.45. The first-order chi connectivity index (χ1) is 9.20. The van der Waals surface area contributed by atoms with E-state index in [1.807, 2.05) is 0 Å². The smallest absolute Gasteiger partial charge is 0.253 e. The number of carbonyl (C=O) groups excluding carboxylic acids is 1. The molecule has 5 heteroatoms. The highest BCUT2D eigenvalue weighted by atomic mass is 19.1. The van der Waals surface area contributed by atoms with Crippen LogP contribution in [0.5, 0.6) is 0 Å². The average molecular weight is 259 g/mol. The number of H-pyrrole nitrogens is 1. The first-order valence-electron chi connectivity index (χ1n) is 6.31. The molecule has 3 heterocycles. The van der Waals surface area contributed by atoms with Crippen molar-refractivity contribution >= 4 is 5.91 Å². The maximum atomic E-state index is 13.7. The number of pyridine rings is 1. The Balaban J connectivity index is 2.11. The third kappa shape index (κ3) is 1.91. The molecule has 0 saturated heterocycles. The number of amides is 1. The van der Waals surface area contributed by atoms with Crippen LogP contribution in [0.4, 0.5) is 4.39 Å². The van der Waals surface area contributed by atoms with E-state index in [-0.39, 0.29) is 11.8 Å². The second-order valence-corrected chi connectivity index (χ2v) is 4.68. The molecule has 0 aliphatic carbocycles. The van der Waals surface area contributed by atoms with Gasteiger partial charge < -0.3 is 10.3 Å². The van der Waals surface area contributed by atoms with Crippen molar-refractivity contribution < 1.29 is 9.18 Å². The number of fused-ring (bicyclic) bond motifs is 1. The zero-order chi connectivity index (χ0) is 13.4. The maximum absolute atomic E-state index is 13.7. The van der Waals surface area contributed by atoms with Crippen LogP contribution in [-0.2, 0) is 0 Å². The third-order valence-electron chi connectivity index (χ3n) is 3.57. The Kier molecular flexibility index (Phi) is 2.81. The summed E-state index contributed by atoms with van der Waals surface area (Å²) < 4.78 is 13.7. The summed E-state index contributed by atoms with van der Waals surface area (Å²) >= 11 is 0. The number of halogens is 1. The Labute approximate surface area is 110 Å². The summed E-state index contributed by atoms with van der Waals surface area (Å²) in [6.45, 7) is 2.70. The summed E-state index contributed by atoms with van der Waals surface area (Å²) in [5, 5.41) is 2.85. The zero-order valence-corrected chi connectivity index (χ0v) is 10.5. The summed E-state index contributed by atoms with van der Waals surface area (Å²) in [4.78, 5) is 18.8. The van der Waals surface area contributed by atoms with Gasteiger partial charge in [0.25, 0.3) is 5.91 Å². The molecular formula is C14H14FN3O. The number of aromatic amines is 1. The summed E-state index contributed by atoms with van der Waals surface area (Å²) in [5.41, 5.74) is 2.58. The molecule has 1 aliphatic rings. The van der Waals surface area contributed by atoms with Crippen molar-refractivity contribution in [2.24, 2.45) is 0 Å². The molecular weight excluding hydrogens is 245 g/mol. The van der Waals surface area contributed by atoms with Gasteiger partial charge in [0, 0.05) is 35.6 Å². The lowest BCUT2D eigenvalue weighted by molar-refractivity contribution is 0.0939. The Morgan fingerprint density at radius 1 is 1.47 bits per heavy atom. The number of hydrogen-bond acceptors (Lipinski definition) is 2. The molecule has 3 rings (SSSR count). The molecule has 98 valence electrons. The molecule has 2 aromatic rings. The number of nitrogens with zero attached hydrogens (tertiary/aromatic N) is 1. The first kappa shape index (κ1) is 11.9. The molecule has 0 aromatic carbocycles. The van der Waals surface area contributed by atoms with Crippen LogP contribution < -0.4 is 5.32 Å². The summed E-state index contributed by atoms with van der Waals surface area (Å²) in [5.74, 6) is -0.238. The van der Waals surface area contributed by atoms with Gasteiger partial charge in [-0.15, -0.1) is 0 Å². The van der Waals surface area contributed by atoms with Gasteiger partial charge in [-0.1, -0.05) is 6.92 Å². The molecule has 0 bridgehead atoms. The van der Waals surface area contributed by atoms with Gasteiger partial charge in [0.05, 0.1) is 11.8 Å². The first-order valence-corrected chi connectivity index (χ1v) is 6.31. The van der Waals surface area contributed by atoms with E-state index < -0.39 is 5.82 Å². The predicted molar refractivity (Wildman–Crippen MR) is 69.3 cm³/mol. The van der Waals surface area contributed by atoms with Gasteiger partial charge >= 0.3 is 0 Å². The van der Waals surface area contributed by atoms with E-state index in [0.717, 1.165) is 12.1 Å². The van der Waals surface area contributed by atoms with E-state index in [4.69, 9.17) is 0 Å². The van der Waals surface area contributed by atoms with E-state index in [1.54, 1.807) is 12.1 Å². The average Bonchev–Trinajstić information content (AvgIpc) is 2.85. The molecule has 0 unspecified atom stereocenters. The summed E-state index contributed by atoms with van der Waals surface area (Å²) in [6.07, 6.45) is 3.63. The molecule has 19 heavy (non-hydrogen) atoms. The molecule has 1 amide bonds.